The third kappa shape index (κ3) is 0.975. The number of Topliss-reactive ketones (excluding diaryl/α,β-unsaturated/α-hetero) is 1. The minimum absolute atomic E-state index is 0.0619. The van der Waals surface area contributed by atoms with Crippen molar-refractivity contribution in [1.29, 1.82) is 0 Å². The standard InChI is InChI=1S/C5H7N3O2/c1-2-3(9)4-5(6)8-10-7-4/h2H2,1H3,(H2,6,8). The Bertz CT molecular complexity index is 243. The minimum atomic E-state index is -0.154. The summed E-state index contributed by atoms with van der Waals surface area (Å²) in [6.45, 7) is 1.72. The van der Waals surface area contributed by atoms with E-state index in [0.717, 1.165) is 0 Å². The van der Waals surface area contributed by atoms with Crippen molar-refractivity contribution in [2.75, 3.05) is 5.73 Å². The Kier molecular flexibility index (Phi) is 1.66. The molecule has 54 valence electrons. The molecule has 0 aliphatic heterocycles. The normalized spacial score (nSPS) is 9.70. The number of ketones is 1. The second kappa shape index (κ2) is 2.47. The van der Waals surface area contributed by atoms with E-state index in [4.69, 9.17) is 5.73 Å². The third-order valence-electron chi connectivity index (χ3n) is 1.10. The van der Waals surface area contributed by atoms with Crippen molar-refractivity contribution in [2.24, 2.45) is 0 Å². The monoisotopic (exact) mass is 141 g/mol. The summed E-state index contributed by atoms with van der Waals surface area (Å²) < 4.78 is 4.22. The van der Waals surface area contributed by atoms with Gasteiger partial charge < -0.3 is 5.73 Å². The lowest BCUT2D eigenvalue weighted by Crippen LogP contribution is -2.01. The molecule has 0 aromatic carbocycles. The topological polar surface area (TPSA) is 82.0 Å². The number of anilines is 1. The van der Waals surface area contributed by atoms with Crippen molar-refractivity contribution in [2.45, 2.75) is 13.3 Å². The number of nitrogens with two attached hydrogens (primary N) is 1. The van der Waals surface area contributed by atoms with Crippen molar-refractivity contribution < 1.29 is 9.42 Å². The number of rotatable bonds is 2. The maximum Gasteiger partial charge on any atom is 0.199 e. The van der Waals surface area contributed by atoms with Crippen molar-refractivity contribution in [1.82, 2.24) is 10.3 Å². The number of carbonyl (C=O) groups is 1. The van der Waals surface area contributed by atoms with Crippen molar-refractivity contribution in [3.63, 3.8) is 0 Å². The Balaban J connectivity index is 2.93. The van der Waals surface area contributed by atoms with Crippen LogP contribution in [0.25, 0.3) is 0 Å². The highest BCUT2D eigenvalue weighted by Crippen LogP contribution is 2.05. The molecule has 5 nitrogen and oxygen atoms in total. The van der Waals surface area contributed by atoms with E-state index in [-0.39, 0.29) is 17.3 Å². The summed E-state index contributed by atoms with van der Waals surface area (Å²) in [6, 6.07) is 0. The molecule has 0 amide bonds. The van der Waals surface area contributed by atoms with E-state index in [1.165, 1.54) is 0 Å². The van der Waals surface area contributed by atoms with Crippen LogP contribution in [0.5, 0.6) is 0 Å². The molecule has 0 saturated carbocycles. The summed E-state index contributed by atoms with van der Waals surface area (Å²) in [5, 5.41) is 6.58. The second-order valence-electron chi connectivity index (χ2n) is 1.77. The number of hydrogen-bond acceptors (Lipinski definition) is 5. The second-order valence-corrected chi connectivity index (χ2v) is 1.77. The smallest absolute Gasteiger partial charge is 0.199 e. The van der Waals surface area contributed by atoms with Crippen molar-refractivity contribution in [3.8, 4) is 0 Å². The largest absolute Gasteiger partial charge is 0.379 e. The fraction of sp³-hybridized carbons (Fsp3) is 0.400. The molecule has 0 unspecified atom stereocenters. The first-order valence-electron chi connectivity index (χ1n) is 2.87. The van der Waals surface area contributed by atoms with Crippen molar-refractivity contribution >= 4 is 11.6 Å². The first kappa shape index (κ1) is 6.73. The van der Waals surface area contributed by atoms with Crippen LogP contribution in [-0.2, 0) is 0 Å². The van der Waals surface area contributed by atoms with Gasteiger partial charge in [0.2, 0.25) is 0 Å². The van der Waals surface area contributed by atoms with Crippen LogP contribution in [0.2, 0.25) is 0 Å². The van der Waals surface area contributed by atoms with Crippen LogP contribution < -0.4 is 5.73 Å². The van der Waals surface area contributed by atoms with Crippen LogP contribution in [0.1, 0.15) is 23.8 Å². The molecule has 1 aromatic heterocycles. The number of nitrogens with zero attached hydrogens (tertiary/aromatic N) is 2. The number of carbonyl (C=O) groups excluding carboxylic acids is 1. The van der Waals surface area contributed by atoms with Crippen LogP contribution >= 0.6 is 0 Å². The van der Waals surface area contributed by atoms with Gasteiger partial charge in [-0.25, -0.2) is 4.63 Å². The molecular weight excluding hydrogens is 134 g/mol. The average Bonchev–Trinajstić information content (AvgIpc) is 2.34. The first-order valence-corrected chi connectivity index (χ1v) is 2.87. The van der Waals surface area contributed by atoms with Gasteiger partial charge >= 0.3 is 0 Å². The quantitative estimate of drug-likeness (QED) is 0.596. The summed E-state index contributed by atoms with van der Waals surface area (Å²) in [4.78, 5) is 10.9. The number of aromatic nitrogens is 2. The lowest BCUT2D eigenvalue weighted by molar-refractivity contribution is 0.0979. The molecule has 0 aliphatic carbocycles. The van der Waals surface area contributed by atoms with E-state index in [2.05, 4.69) is 14.9 Å². The number of hydrogen-bond donors (Lipinski definition) is 1. The molecule has 1 rings (SSSR count). The molecule has 10 heavy (non-hydrogen) atoms. The molecule has 5 heteroatoms. The predicted molar refractivity (Wildman–Crippen MR) is 33.3 cm³/mol. The van der Waals surface area contributed by atoms with Gasteiger partial charge in [0.15, 0.2) is 17.3 Å². The molecule has 0 saturated heterocycles. The van der Waals surface area contributed by atoms with Gasteiger partial charge in [-0.3, -0.25) is 4.79 Å². The number of nitrogen functional groups attached to an aromatic ring is 1. The van der Waals surface area contributed by atoms with E-state index in [9.17, 15) is 4.79 Å². The Morgan fingerprint density at radius 1 is 1.70 bits per heavy atom. The minimum Gasteiger partial charge on any atom is -0.379 e. The molecule has 1 aromatic rings. The van der Waals surface area contributed by atoms with Gasteiger partial charge in [0.05, 0.1) is 0 Å². The highest BCUT2D eigenvalue weighted by Gasteiger charge is 2.12. The van der Waals surface area contributed by atoms with Crippen LogP contribution in [0, 0.1) is 0 Å². The van der Waals surface area contributed by atoms with Crippen LogP contribution in [-0.4, -0.2) is 16.1 Å². The summed E-state index contributed by atoms with van der Waals surface area (Å²) in [5.41, 5.74) is 5.36. The predicted octanol–water partition coefficient (Wildman–Crippen LogP) is 0.245. The Morgan fingerprint density at radius 3 is 2.80 bits per heavy atom. The van der Waals surface area contributed by atoms with Gasteiger partial charge in [0.1, 0.15) is 0 Å². The lowest BCUT2D eigenvalue weighted by Gasteiger charge is -1.86. The van der Waals surface area contributed by atoms with Crippen LogP contribution in [0.3, 0.4) is 0 Å². The van der Waals surface area contributed by atoms with Gasteiger partial charge in [-0.15, -0.1) is 0 Å². The summed E-state index contributed by atoms with van der Waals surface area (Å²) in [7, 11) is 0. The van der Waals surface area contributed by atoms with Crippen LogP contribution in [0.15, 0.2) is 4.63 Å². The Labute approximate surface area is 57.2 Å². The maximum atomic E-state index is 10.9. The average molecular weight is 141 g/mol. The van der Waals surface area contributed by atoms with E-state index >= 15 is 0 Å². The molecule has 0 aliphatic rings. The molecule has 2 N–H and O–H groups in total. The lowest BCUT2D eigenvalue weighted by atomic mass is 10.2. The van der Waals surface area contributed by atoms with Gasteiger partial charge in [0.25, 0.3) is 0 Å². The van der Waals surface area contributed by atoms with E-state index in [1.54, 1.807) is 6.92 Å². The molecular formula is C5H7N3O2. The van der Waals surface area contributed by atoms with Gasteiger partial charge in [-0.1, -0.05) is 6.92 Å². The van der Waals surface area contributed by atoms with Crippen LogP contribution in [0.4, 0.5) is 5.82 Å². The maximum absolute atomic E-state index is 10.9. The Hall–Kier alpha value is -1.39. The molecule has 1 heterocycles. The van der Waals surface area contributed by atoms with E-state index in [0.29, 0.717) is 6.42 Å². The summed E-state index contributed by atoms with van der Waals surface area (Å²) in [5.74, 6) is -0.0920. The zero-order valence-electron chi connectivity index (χ0n) is 5.50. The summed E-state index contributed by atoms with van der Waals surface area (Å²) in [6.07, 6.45) is 0.360. The van der Waals surface area contributed by atoms with Crippen molar-refractivity contribution in [3.05, 3.63) is 5.69 Å². The molecule has 0 atom stereocenters. The zero-order chi connectivity index (χ0) is 7.56. The van der Waals surface area contributed by atoms with Gasteiger partial charge in [-0.05, 0) is 10.3 Å². The van der Waals surface area contributed by atoms with Gasteiger partial charge in [-0.2, -0.15) is 0 Å². The fourth-order valence-electron chi connectivity index (χ4n) is 0.556. The van der Waals surface area contributed by atoms with E-state index < -0.39 is 0 Å². The molecule has 0 spiro atoms. The van der Waals surface area contributed by atoms with Gasteiger partial charge in [0, 0.05) is 6.42 Å². The molecule has 0 radical (unpaired) electrons. The zero-order valence-corrected chi connectivity index (χ0v) is 5.50. The highest BCUT2D eigenvalue weighted by atomic mass is 16.6. The molecule has 0 bridgehead atoms. The Morgan fingerprint density at radius 2 is 2.40 bits per heavy atom. The molecule has 0 fully saturated rings. The highest BCUT2D eigenvalue weighted by molar-refractivity contribution is 5.97. The SMILES string of the molecule is CCC(=O)c1nonc1N. The fourth-order valence-corrected chi connectivity index (χ4v) is 0.556. The third-order valence-corrected chi connectivity index (χ3v) is 1.10. The summed E-state index contributed by atoms with van der Waals surface area (Å²) >= 11 is 0. The first-order chi connectivity index (χ1) is 4.75. The van der Waals surface area contributed by atoms with E-state index in [1.807, 2.05) is 0 Å².